The van der Waals surface area contributed by atoms with Crippen molar-refractivity contribution in [3.63, 3.8) is 0 Å². The summed E-state index contributed by atoms with van der Waals surface area (Å²) in [7, 11) is 0. The number of hydrogen-bond acceptors (Lipinski definition) is 2. The molecule has 1 aromatic heterocycles. The maximum absolute atomic E-state index is 13.8. The number of benzene rings is 2. The van der Waals surface area contributed by atoms with Crippen LogP contribution >= 0.6 is 11.6 Å². The zero-order valence-corrected chi connectivity index (χ0v) is 13.5. The molecule has 0 spiro atoms. The highest BCUT2D eigenvalue weighted by molar-refractivity contribution is 6.31. The smallest absolute Gasteiger partial charge is 0.254 e. The van der Waals surface area contributed by atoms with Gasteiger partial charge in [0, 0.05) is 19.2 Å². The molecule has 0 aliphatic heterocycles. The summed E-state index contributed by atoms with van der Waals surface area (Å²) >= 11 is 5.68. The molecule has 0 fully saturated rings. The van der Waals surface area contributed by atoms with Gasteiger partial charge in [0.25, 0.3) is 5.91 Å². The third kappa shape index (κ3) is 3.63. The second-order valence-electron chi connectivity index (χ2n) is 5.19. The number of aromatic nitrogens is 2. The van der Waals surface area contributed by atoms with Crippen LogP contribution in [0, 0.1) is 5.82 Å². The van der Waals surface area contributed by atoms with Gasteiger partial charge in [-0.2, -0.15) is 5.10 Å². The molecule has 0 bridgehead atoms. The highest BCUT2D eigenvalue weighted by atomic mass is 35.5. The van der Waals surface area contributed by atoms with Crippen LogP contribution in [0.15, 0.2) is 60.8 Å². The Hall–Kier alpha value is -2.66. The Bertz CT molecular complexity index is 848. The molecular formula is C18H15ClFN3O. The number of rotatable bonds is 5. The number of nitrogens with zero attached hydrogens (tertiary/aromatic N) is 2. The summed E-state index contributed by atoms with van der Waals surface area (Å²) in [4.78, 5) is 12.0. The largest absolute Gasteiger partial charge is 0.352 e. The minimum atomic E-state index is -0.704. The number of halogens is 2. The summed E-state index contributed by atoms with van der Waals surface area (Å²) in [6.45, 7) is 0.358. The van der Waals surface area contributed by atoms with Crippen LogP contribution in [-0.2, 0) is 6.42 Å². The molecule has 3 aromatic rings. The Morgan fingerprint density at radius 1 is 1.12 bits per heavy atom. The number of para-hydroxylation sites is 1. The van der Waals surface area contributed by atoms with E-state index in [0.29, 0.717) is 13.0 Å². The summed E-state index contributed by atoms with van der Waals surface area (Å²) in [6, 6.07) is 16.0. The van der Waals surface area contributed by atoms with E-state index < -0.39 is 11.7 Å². The van der Waals surface area contributed by atoms with E-state index in [1.165, 1.54) is 12.1 Å². The maximum Gasteiger partial charge on any atom is 0.254 e. The van der Waals surface area contributed by atoms with E-state index in [0.717, 1.165) is 11.4 Å². The van der Waals surface area contributed by atoms with E-state index in [4.69, 9.17) is 11.6 Å². The quantitative estimate of drug-likeness (QED) is 0.769. The highest BCUT2D eigenvalue weighted by Gasteiger charge is 2.13. The molecule has 1 N–H and O–H groups in total. The minimum absolute atomic E-state index is 0.0580. The van der Waals surface area contributed by atoms with Crippen molar-refractivity contribution in [2.45, 2.75) is 6.42 Å². The molecule has 0 radical (unpaired) electrons. The number of carbonyl (C=O) groups is 1. The van der Waals surface area contributed by atoms with Gasteiger partial charge in [0.05, 0.1) is 22.0 Å². The van der Waals surface area contributed by atoms with Gasteiger partial charge in [-0.15, -0.1) is 0 Å². The molecular weight excluding hydrogens is 329 g/mol. The van der Waals surface area contributed by atoms with Gasteiger partial charge in [-0.05, 0) is 30.3 Å². The third-order valence-electron chi connectivity index (χ3n) is 3.53. The molecule has 3 rings (SSSR count). The van der Waals surface area contributed by atoms with E-state index in [-0.39, 0.29) is 10.6 Å². The van der Waals surface area contributed by atoms with Crippen LogP contribution in [0.4, 0.5) is 4.39 Å². The maximum atomic E-state index is 13.8. The van der Waals surface area contributed by atoms with Crippen molar-refractivity contribution in [2.24, 2.45) is 0 Å². The lowest BCUT2D eigenvalue weighted by molar-refractivity contribution is 0.0950. The first kappa shape index (κ1) is 16.2. The molecule has 1 heterocycles. The SMILES string of the molecule is O=C(NCCc1ccn(-c2ccccc2)n1)c1cccc(Cl)c1F. The number of hydrogen-bond donors (Lipinski definition) is 1. The monoisotopic (exact) mass is 343 g/mol. The van der Waals surface area contributed by atoms with Gasteiger partial charge in [0.1, 0.15) is 0 Å². The standard InChI is InChI=1S/C18H15ClFN3O/c19-16-8-4-7-15(17(16)20)18(24)21-11-9-13-10-12-23(22-13)14-5-2-1-3-6-14/h1-8,10,12H,9,11H2,(H,21,24). The van der Waals surface area contributed by atoms with E-state index in [1.807, 2.05) is 42.6 Å². The van der Waals surface area contributed by atoms with Crippen LogP contribution in [0.25, 0.3) is 5.69 Å². The minimum Gasteiger partial charge on any atom is -0.352 e. The molecule has 122 valence electrons. The van der Waals surface area contributed by atoms with Crippen LogP contribution in [0.2, 0.25) is 5.02 Å². The molecule has 0 atom stereocenters. The zero-order valence-electron chi connectivity index (χ0n) is 12.7. The molecule has 4 nitrogen and oxygen atoms in total. The lowest BCUT2D eigenvalue weighted by Gasteiger charge is -2.06. The van der Waals surface area contributed by atoms with Crippen molar-refractivity contribution in [1.29, 1.82) is 0 Å². The fraction of sp³-hybridized carbons (Fsp3) is 0.111. The second-order valence-corrected chi connectivity index (χ2v) is 5.60. The summed E-state index contributed by atoms with van der Waals surface area (Å²) in [5, 5.41) is 7.06. The van der Waals surface area contributed by atoms with Crippen molar-refractivity contribution in [2.75, 3.05) is 6.54 Å². The lowest BCUT2D eigenvalue weighted by atomic mass is 10.2. The third-order valence-corrected chi connectivity index (χ3v) is 3.82. The van der Waals surface area contributed by atoms with Gasteiger partial charge < -0.3 is 5.32 Å². The molecule has 0 aliphatic rings. The molecule has 0 saturated carbocycles. The zero-order chi connectivity index (χ0) is 16.9. The summed E-state index contributed by atoms with van der Waals surface area (Å²) < 4.78 is 15.6. The summed E-state index contributed by atoms with van der Waals surface area (Å²) in [6.07, 6.45) is 2.41. The van der Waals surface area contributed by atoms with Gasteiger partial charge in [-0.3, -0.25) is 4.79 Å². The predicted molar refractivity (Wildman–Crippen MR) is 91.0 cm³/mol. The van der Waals surface area contributed by atoms with Crippen molar-refractivity contribution >= 4 is 17.5 Å². The molecule has 0 unspecified atom stereocenters. The van der Waals surface area contributed by atoms with Crippen LogP contribution in [0.5, 0.6) is 0 Å². The molecule has 0 aliphatic carbocycles. The first-order chi connectivity index (χ1) is 11.6. The Labute approximate surface area is 143 Å². The normalized spacial score (nSPS) is 10.6. The fourth-order valence-corrected chi connectivity index (χ4v) is 2.47. The van der Waals surface area contributed by atoms with Crippen LogP contribution in [-0.4, -0.2) is 22.2 Å². The molecule has 2 aromatic carbocycles. The van der Waals surface area contributed by atoms with Crippen LogP contribution in [0.3, 0.4) is 0 Å². The number of amides is 1. The molecule has 1 amide bonds. The second kappa shape index (κ2) is 7.27. The predicted octanol–water partition coefficient (Wildman–Crippen LogP) is 3.64. The summed E-state index contributed by atoms with van der Waals surface area (Å²) in [5.74, 6) is -1.19. The van der Waals surface area contributed by atoms with E-state index in [2.05, 4.69) is 10.4 Å². The number of nitrogens with one attached hydrogen (secondary N) is 1. The average molecular weight is 344 g/mol. The molecule has 0 saturated heterocycles. The Kier molecular flexibility index (Phi) is 4.91. The fourth-order valence-electron chi connectivity index (χ4n) is 2.30. The average Bonchev–Trinajstić information content (AvgIpc) is 3.07. The Balaban J connectivity index is 1.58. The van der Waals surface area contributed by atoms with Crippen LogP contribution < -0.4 is 5.32 Å². The van der Waals surface area contributed by atoms with Crippen molar-refractivity contribution < 1.29 is 9.18 Å². The van der Waals surface area contributed by atoms with Gasteiger partial charge in [-0.25, -0.2) is 9.07 Å². The highest BCUT2D eigenvalue weighted by Crippen LogP contribution is 2.17. The van der Waals surface area contributed by atoms with Gasteiger partial charge in [0.2, 0.25) is 0 Å². The topological polar surface area (TPSA) is 46.9 Å². The van der Waals surface area contributed by atoms with Crippen molar-refractivity contribution in [3.8, 4) is 5.69 Å². The van der Waals surface area contributed by atoms with Gasteiger partial charge in [0.15, 0.2) is 5.82 Å². The van der Waals surface area contributed by atoms with Crippen molar-refractivity contribution in [1.82, 2.24) is 15.1 Å². The van der Waals surface area contributed by atoms with Gasteiger partial charge >= 0.3 is 0 Å². The Morgan fingerprint density at radius 2 is 1.92 bits per heavy atom. The van der Waals surface area contributed by atoms with E-state index >= 15 is 0 Å². The van der Waals surface area contributed by atoms with E-state index in [1.54, 1.807) is 10.7 Å². The molecule has 6 heteroatoms. The van der Waals surface area contributed by atoms with Crippen molar-refractivity contribution in [3.05, 3.63) is 82.9 Å². The Morgan fingerprint density at radius 3 is 2.71 bits per heavy atom. The van der Waals surface area contributed by atoms with E-state index in [9.17, 15) is 9.18 Å². The first-order valence-corrected chi connectivity index (χ1v) is 7.85. The van der Waals surface area contributed by atoms with Crippen LogP contribution in [0.1, 0.15) is 16.1 Å². The lowest BCUT2D eigenvalue weighted by Crippen LogP contribution is -2.26. The first-order valence-electron chi connectivity index (χ1n) is 7.47. The molecule has 24 heavy (non-hydrogen) atoms. The summed E-state index contributed by atoms with van der Waals surface area (Å²) in [5.41, 5.74) is 1.75. The number of carbonyl (C=O) groups excluding carboxylic acids is 1. The van der Waals surface area contributed by atoms with Gasteiger partial charge in [-0.1, -0.05) is 35.9 Å².